The normalized spacial score (nSPS) is 13.8. The van der Waals surface area contributed by atoms with Crippen LogP contribution in [0.4, 0.5) is 0 Å². The number of benzene rings is 1. The zero-order chi connectivity index (χ0) is 13.9. The molecule has 5 heteroatoms. The molecular formula is C14H16N2O2S. The van der Waals surface area contributed by atoms with Gasteiger partial charge in [-0.25, -0.2) is 4.98 Å². The number of carbonyl (C=O) groups is 1. The Hall–Kier alpha value is -1.72. The van der Waals surface area contributed by atoms with Crippen molar-refractivity contribution < 1.29 is 9.90 Å². The number of aliphatic hydroxyl groups is 1. The lowest BCUT2D eigenvalue weighted by Gasteiger charge is -2.29. The molecule has 0 bridgehead atoms. The number of aromatic nitrogens is 1. The number of carbonyl (C=O) groups excluding carboxylic acids is 1. The monoisotopic (exact) mass is 276 g/mol. The van der Waals surface area contributed by atoms with Crippen molar-refractivity contribution in [1.82, 2.24) is 10.3 Å². The van der Waals surface area contributed by atoms with Crippen LogP contribution in [0.3, 0.4) is 0 Å². The second-order valence-corrected chi connectivity index (χ2v) is 5.62. The number of aryl methyl sites for hydroxylation is 1. The molecule has 1 amide bonds. The molecule has 19 heavy (non-hydrogen) atoms. The Morgan fingerprint density at radius 2 is 2.11 bits per heavy atom. The Labute approximate surface area is 116 Å². The van der Waals surface area contributed by atoms with Crippen molar-refractivity contribution >= 4 is 17.2 Å². The molecule has 0 spiro atoms. The second kappa shape index (κ2) is 5.50. The molecule has 100 valence electrons. The first-order chi connectivity index (χ1) is 9.05. The molecule has 1 atom stereocenters. The fraction of sp³-hybridized carbons (Fsp3) is 0.286. The third-order valence-corrected chi connectivity index (χ3v) is 3.74. The fourth-order valence-electron chi connectivity index (χ4n) is 1.79. The Kier molecular flexibility index (Phi) is 3.97. The maximum absolute atomic E-state index is 12.1. The Morgan fingerprint density at radius 1 is 1.42 bits per heavy atom. The zero-order valence-electron chi connectivity index (χ0n) is 10.9. The first-order valence-corrected chi connectivity index (χ1v) is 6.84. The lowest BCUT2D eigenvalue weighted by atomic mass is 9.93. The fourth-order valence-corrected chi connectivity index (χ4v) is 2.38. The third-order valence-electron chi connectivity index (χ3n) is 2.97. The van der Waals surface area contributed by atoms with E-state index >= 15 is 0 Å². The van der Waals surface area contributed by atoms with Gasteiger partial charge in [-0.15, -0.1) is 11.3 Å². The van der Waals surface area contributed by atoms with E-state index in [1.54, 1.807) is 12.3 Å². The van der Waals surface area contributed by atoms with Crippen LogP contribution in [-0.2, 0) is 5.54 Å². The molecular weight excluding hydrogens is 260 g/mol. The van der Waals surface area contributed by atoms with Crippen molar-refractivity contribution in [3.63, 3.8) is 0 Å². The predicted molar refractivity (Wildman–Crippen MR) is 75.2 cm³/mol. The SMILES string of the molecule is Cc1nc(C(=O)NC(C)(CO)c2ccccc2)cs1. The Morgan fingerprint density at radius 3 is 2.63 bits per heavy atom. The summed E-state index contributed by atoms with van der Waals surface area (Å²) in [6, 6.07) is 9.41. The van der Waals surface area contributed by atoms with Crippen molar-refractivity contribution in [3.05, 3.63) is 52.0 Å². The molecule has 1 unspecified atom stereocenters. The van der Waals surface area contributed by atoms with Gasteiger partial charge in [0.1, 0.15) is 5.69 Å². The van der Waals surface area contributed by atoms with E-state index in [9.17, 15) is 9.90 Å². The van der Waals surface area contributed by atoms with E-state index in [0.717, 1.165) is 10.6 Å². The summed E-state index contributed by atoms with van der Waals surface area (Å²) in [5, 5.41) is 15.0. The van der Waals surface area contributed by atoms with Crippen LogP contribution in [0.1, 0.15) is 28.0 Å². The summed E-state index contributed by atoms with van der Waals surface area (Å²) in [6.45, 7) is 3.47. The van der Waals surface area contributed by atoms with Gasteiger partial charge in [0.15, 0.2) is 0 Å². The van der Waals surface area contributed by atoms with Crippen LogP contribution >= 0.6 is 11.3 Å². The molecule has 1 heterocycles. The van der Waals surface area contributed by atoms with E-state index < -0.39 is 5.54 Å². The van der Waals surface area contributed by atoms with Crippen molar-refractivity contribution in [2.24, 2.45) is 0 Å². The minimum atomic E-state index is -0.810. The highest BCUT2D eigenvalue weighted by Crippen LogP contribution is 2.20. The van der Waals surface area contributed by atoms with Crippen LogP contribution in [0.5, 0.6) is 0 Å². The topological polar surface area (TPSA) is 62.2 Å². The number of hydrogen-bond acceptors (Lipinski definition) is 4. The van der Waals surface area contributed by atoms with Crippen molar-refractivity contribution in [2.75, 3.05) is 6.61 Å². The van der Waals surface area contributed by atoms with Gasteiger partial charge in [-0.2, -0.15) is 0 Å². The summed E-state index contributed by atoms with van der Waals surface area (Å²) in [5.74, 6) is -0.273. The quantitative estimate of drug-likeness (QED) is 0.899. The van der Waals surface area contributed by atoms with Gasteiger partial charge in [-0.05, 0) is 19.4 Å². The summed E-state index contributed by atoms with van der Waals surface area (Å²) >= 11 is 1.43. The van der Waals surface area contributed by atoms with Gasteiger partial charge in [0, 0.05) is 5.38 Å². The standard InChI is InChI=1S/C14H16N2O2S/c1-10-15-12(8-19-10)13(18)16-14(2,9-17)11-6-4-3-5-7-11/h3-8,17H,9H2,1-2H3,(H,16,18). The Balaban J connectivity index is 2.22. The molecule has 4 nitrogen and oxygen atoms in total. The van der Waals surface area contributed by atoms with Gasteiger partial charge in [0.2, 0.25) is 0 Å². The second-order valence-electron chi connectivity index (χ2n) is 4.56. The van der Waals surface area contributed by atoms with Crippen LogP contribution in [-0.4, -0.2) is 22.6 Å². The molecule has 0 aliphatic heterocycles. The van der Waals surface area contributed by atoms with Crippen molar-refractivity contribution in [3.8, 4) is 0 Å². The zero-order valence-corrected chi connectivity index (χ0v) is 11.7. The van der Waals surface area contributed by atoms with Gasteiger partial charge in [0.05, 0.1) is 17.2 Å². The van der Waals surface area contributed by atoms with Gasteiger partial charge in [-0.1, -0.05) is 30.3 Å². The molecule has 2 rings (SSSR count). The number of thiazole rings is 1. The molecule has 1 aromatic heterocycles. The summed E-state index contributed by atoms with van der Waals surface area (Å²) in [5.41, 5.74) is 0.437. The number of aliphatic hydroxyl groups excluding tert-OH is 1. The summed E-state index contributed by atoms with van der Waals surface area (Å²) < 4.78 is 0. The van der Waals surface area contributed by atoms with Crippen molar-refractivity contribution in [2.45, 2.75) is 19.4 Å². The van der Waals surface area contributed by atoms with E-state index in [1.807, 2.05) is 37.3 Å². The maximum Gasteiger partial charge on any atom is 0.271 e. The summed E-state index contributed by atoms with van der Waals surface area (Å²) in [4.78, 5) is 16.3. The molecule has 2 aromatic rings. The van der Waals surface area contributed by atoms with Gasteiger partial charge < -0.3 is 10.4 Å². The lowest BCUT2D eigenvalue weighted by molar-refractivity contribution is 0.0845. The molecule has 0 radical (unpaired) electrons. The number of rotatable bonds is 4. The van der Waals surface area contributed by atoms with Crippen LogP contribution in [0, 0.1) is 6.92 Å². The third kappa shape index (κ3) is 3.00. The van der Waals surface area contributed by atoms with Crippen molar-refractivity contribution in [1.29, 1.82) is 0 Å². The first-order valence-electron chi connectivity index (χ1n) is 5.96. The number of nitrogens with zero attached hydrogens (tertiary/aromatic N) is 1. The molecule has 0 fully saturated rings. The van der Waals surface area contributed by atoms with E-state index in [0.29, 0.717) is 5.69 Å². The van der Waals surface area contributed by atoms with Gasteiger partial charge in [-0.3, -0.25) is 4.79 Å². The molecule has 0 saturated carbocycles. The lowest BCUT2D eigenvalue weighted by Crippen LogP contribution is -2.46. The smallest absolute Gasteiger partial charge is 0.271 e. The minimum Gasteiger partial charge on any atom is -0.394 e. The van der Waals surface area contributed by atoms with Gasteiger partial charge in [0.25, 0.3) is 5.91 Å². The van der Waals surface area contributed by atoms with Gasteiger partial charge >= 0.3 is 0 Å². The average molecular weight is 276 g/mol. The molecule has 2 N–H and O–H groups in total. The largest absolute Gasteiger partial charge is 0.394 e. The highest BCUT2D eigenvalue weighted by atomic mass is 32.1. The molecule has 0 aliphatic carbocycles. The van der Waals surface area contributed by atoms with E-state index in [1.165, 1.54) is 11.3 Å². The predicted octanol–water partition coefficient (Wildman–Crippen LogP) is 2.09. The van der Waals surface area contributed by atoms with Crippen LogP contribution in [0.25, 0.3) is 0 Å². The highest BCUT2D eigenvalue weighted by Gasteiger charge is 2.28. The molecule has 1 aromatic carbocycles. The first kappa shape index (κ1) is 13.7. The van der Waals surface area contributed by atoms with Crippen LogP contribution < -0.4 is 5.32 Å². The highest BCUT2D eigenvalue weighted by molar-refractivity contribution is 7.09. The van der Waals surface area contributed by atoms with E-state index in [2.05, 4.69) is 10.3 Å². The maximum atomic E-state index is 12.1. The minimum absolute atomic E-state index is 0.175. The number of hydrogen-bond donors (Lipinski definition) is 2. The van der Waals surface area contributed by atoms with E-state index in [4.69, 9.17) is 0 Å². The number of amides is 1. The van der Waals surface area contributed by atoms with Crippen LogP contribution in [0.15, 0.2) is 35.7 Å². The summed E-state index contributed by atoms with van der Waals surface area (Å²) in [6.07, 6.45) is 0. The van der Waals surface area contributed by atoms with E-state index in [-0.39, 0.29) is 12.5 Å². The van der Waals surface area contributed by atoms with Crippen LogP contribution in [0.2, 0.25) is 0 Å². The summed E-state index contributed by atoms with van der Waals surface area (Å²) in [7, 11) is 0. The molecule has 0 saturated heterocycles. The Bertz CT molecular complexity index is 568. The molecule has 0 aliphatic rings. The average Bonchev–Trinajstić information content (AvgIpc) is 2.86. The number of nitrogens with one attached hydrogen (secondary N) is 1.